The largest absolute Gasteiger partial charge is 0.299 e. The Labute approximate surface area is 83.3 Å². The minimum Gasteiger partial charge on any atom is -0.299 e. The molecule has 0 unspecified atom stereocenters. The molecule has 78 valence electrons. The van der Waals surface area contributed by atoms with E-state index in [4.69, 9.17) is 0 Å². The van der Waals surface area contributed by atoms with Crippen LogP contribution in [0.15, 0.2) is 0 Å². The lowest BCUT2D eigenvalue weighted by Crippen LogP contribution is -2.43. The number of imide groups is 1. The molecule has 0 atom stereocenters. The van der Waals surface area contributed by atoms with Crippen LogP contribution in [0.3, 0.4) is 0 Å². The van der Waals surface area contributed by atoms with Gasteiger partial charge in [-0.05, 0) is 5.92 Å². The van der Waals surface area contributed by atoms with Crippen molar-refractivity contribution in [3.8, 4) is 0 Å². The molecule has 2 amide bonds. The van der Waals surface area contributed by atoms with E-state index in [1.165, 1.54) is 4.90 Å². The molecule has 0 N–H and O–H groups in total. The second-order valence-electron chi connectivity index (χ2n) is 4.00. The van der Waals surface area contributed by atoms with Crippen LogP contribution in [0.5, 0.6) is 0 Å². The van der Waals surface area contributed by atoms with Crippen LogP contribution in [0.4, 0.5) is 0 Å². The van der Waals surface area contributed by atoms with Gasteiger partial charge in [-0.2, -0.15) is 0 Å². The van der Waals surface area contributed by atoms with E-state index in [2.05, 4.69) is 0 Å². The van der Waals surface area contributed by atoms with Crippen LogP contribution < -0.4 is 0 Å². The van der Waals surface area contributed by atoms with E-state index in [-0.39, 0.29) is 36.5 Å². The lowest BCUT2D eigenvalue weighted by molar-refractivity contribution is -0.149. The van der Waals surface area contributed by atoms with E-state index in [9.17, 15) is 14.4 Å². The lowest BCUT2D eigenvalue weighted by Gasteiger charge is -2.24. The second-order valence-corrected chi connectivity index (χ2v) is 4.00. The maximum Gasteiger partial charge on any atom is 0.236 e. The van der Waals surface area contributed by atoms with E-state index in [1.807, 2.05) is 13.8 Å². The summed E-state index contributed by atoms with van der Waals surface area (Å²) in [4.78, 5) is 34.9. The Morgan fingerprint density at radius 3 is 2.57 bits per heavy atom. The average Bonchev–Trinajstić information content (AvgIpc) is 2.01. The lowest BCUT2D eigenvalue weighted by atomic mass is 10.1. The molecule has 1 aliphatic rings. The summed E-state index contributed by atoms with van der Waals surface area (Å²) in [6.45, 7) is 4.12. The summed E-state index contributed by atoms with van der Waals surface area (Å²) in [7, 11) is 0. The topological polar surface area (TPSA) is 54.5 Å². The zero-order valence-corrected chi connectivity index (χ0v) is 8.58. The molecular formula is C10H15NO3. The van der Waals surface area contributed by atoms with Crippen molar-refractivity contribution in [3.05, 3.63) is 0 Å². The zero-order chi connectivity index (χ0) is 10.7. The molecule has 0 aliphatic carbocycles. The van der Waals surface area contributed by atoms with Gasteiger partial charge in [0.15, 0.2) is 0 Å². The van der Waals surface area contributed by atoms with Gasteiger partial charge in [0.05, 0.1) is 6.42 Å². The fraction of sp³-hybridized carbons (Fsp3) is 0.700. The summed E-state index contributed by atoms with van der Waals surface area (Å²) >= 11 is 0. The number of hydrogen-bond acceptors (Lipinski definition) is 3. The SMILES string of the molecule is CC(C)CC(=O)N1CCC(=O)CC1=O. The maximum atomic E-state index is 11.5. The molecule has 0 aromatic rings. The molecule has 0 spiro atoms. The van der Waals surface area contributed by atoms with Gasteiger partial charge < -0.3 is 0 Å². The Hall–Kier alpha value is -1.19. The summed E-state index contributed by atoms with van der Waals surface area (Å²) in [6, 6.07) is 0. The van der Waals surface area contributed by atoms with Crippen LogP contribution in [0.1, 0.15) is 33.1 Å². The van der Waals surface area contributed by atoms with E-state index in [1.54, 1.807) is 0 Å². The van der Waals surface area contributed by atoms with Gasteiger partial charge in [-0.15, -0.1) is 0 Å². The van der Waals surface area contributed by atoms with Crippen LogP contribution in [0.2, 0.25) is 0 Å². The van der Waals surface area contributed by atoms with Crippen molar-refractivity contribution in [2.24, 2.45) is 5.92 Å². The Bertz CT molecular complexity index is 271. The summed E-state index contributed by atoms with van der Waals surface area (Å²) in [5, 5.41) is 0. The van der Waals surface area contributed by atoms with Gasteiger partial charge in [0.25, 0.3) is 0 Å². The number of carbonyl (C=O) groups excluding carboxylic acids is 3. The molecule has 1 rings (SSSR count). The van der Waals surface area contributed by atoms with Crippen molar-refractivity contribution in [1.82, 2.24) is 4.90 Å². The van der Waals surface area contributed by atoms with E-state index < -0.39 is 0 Å². The molecule has 0 radical (unpaired) electrons. The highest BCUT2D eigenvalue weighted by molar-refractivity contribution is 6.07. The average molecular weight is 197 g/mol. The first-order valence-electron chi connectivity index (χ1n) is 4.85. The van der Waals surface area contributed by atoms with Crippen LogP contribution in [-0.2, 0) is 14.4 Å². The second kappa shape index (κ2) is 4.35. The van der Waals surface area contributed by atoms with Crippen molar-refractivity contribution in [2.75, 3.05) is 6.54 Å². The van der Waals surface area contributed by atoms with Crippen molar-refractivity contribution < 1.29 is 14.4 Å². The predicted octanol–water partition coefficient (Wildman–Crippen LogP) is 0.751. The van der Waals surface area contributed by atoms with Gasteiger partial charge in [-0.25, -0.2) is 0 Å². The van der Waals surface area contributed by atoms with Gasteiger partial charge in [-0.1, -0.05) is 13.8 Å². The van der Waals surface area contributed by atoms with Crippen molar-refractivity contribution in [1.29, 1.82) is 0 Å². The highest BCUT2D eigenvalue weighted by Crippen LogP contribution is 2.11. The number of hydrogen-bond donors (Lipinski definition) is 0. The highest BCUT2D eigenvalue weighted by atomic mass is 16.2. The molecule has 0 bridgehead atoms. The number of rotatable bonds is 2. The molecule has 0 saturated carbocycles. The Morgan fingerprint density at radius 2 is 2.07 bits per heavy atom. The summed E-state index contributed by atoms with van der Waals surface area (Å²) in [5.74, 6) is -0.319. The maximum absolute atomic E-state index is 11.5. The first-order chi connectivity index (χ1) is 6.50. The summed E-state index contributed by atoms with van der Waals surface area (Å²) in [6.07, 6.45) is 0.583. The number of amides is 2. The molecule has 14 heavy (non-hydrogen) atoms. The predicted molar refractivity (Wildman–Crippen MR) is 50.4 cm³/mol. The third kappa shape index (κ3) is 2.65. The fourth-order valence-electron chi connectivity index (χ4n) is 1.44. The first kappa shape index (κ1) is 10.9. The number of ketones is 1. The smallest absolute Gasteiger partial charge is 0.236 e. The van der Waals surface area contributed by atoms with Gasteiger partial charge >= 0.3 is 0 Å². The van der Waals surface area contributed by atoms with Gasteiger partial charge in [0.2, 0.25) is 11.8 Å². The standard InChI is InChI=1S/C10H15NO3/c1-7(2)5-9(13)11-4-3-8(12)6-10(11)14/h7H,3-6H2,1-2H3. The van der Waals surface area contributed by atoms with Crippen molar-refractivity contribution in [3.63, 3.8) is 0 Å². The molecule has 1 saturated heterocycles. The molecule has 4 nitrogen and oxygen atoms in total. The monoisotopic (exact) mass is 197 g/mol. The third-order valence-corrected chi connectivity index (χ3v) is 2.15. The summed E-state index contributed by atoms with van der Waals surface area (Å²) in [5.41, 5.74) is 0. The van der Waals surface area contributed by atoms with Crippen LogP contribution in [0, 0.1) is 5.92 Å². The van der Waals surface area contributed by atoms with Crippen LogP contribution in [-0.4, -0.2) is 29.0 Å². The van der Waals surface area contributed by atoms with E-state index in [0.29, 0.717) is 12.8 Å². The van der Waals surface area contributed by atoms with Crippen LogP contribution in [0.25, 0.3) is 0 Å². The number of nitrogens with zero attached hydrogens (tertiary/aromatic N) is 1. The number of piperidine rings is 1. The Kier molecular flexibility index (Phi) is 3.38. The minimum atomic E-state index is -0.341. The van der Waals surface area contributed by atoms with E-state index in [0.717, 1.165) is 0 Å². The molecule has 1 fully saturated rings. The molecule has 4 heteroatoms. The molecule has 0 aromatic carbocycles. The van der Waals surface area contributed by atoms with Gasteiger partial charge in [-0.3, -0.25) is 19.3 Å². The number of likely N-dealkylation sites (tertiary alicyclic amines) is 1. The van der Waals surface area contributed by atoms with E-state index >= 15 is 0 Å². The highest BCUT2D eigenvalue weighted by Gasteiger charge is 2.28. The summed E-state index contributed by atoms with van der Waals surface area (Å²) < 4.78 is 0. The Balaban J connectivity index is 2.56. The number of carbonyl (C=O) groups is 3. The van der Waals surface area contributed by atoms with Crippen molar-refractivity contribution >= 4 is 17.6 Å². The molecule has 1 aliphatic heterocycles. The van der Waals surface area contributed by atoms with Crippen molar-refractivity contribution in [2.45, 2.75) is 33.1 Å². The van der Waals surface area contributed by atoms with Crippen LogP contribution >= 0.6 is 0 Å². The minimum absolute atomic E-state index is 0.0661. The molecule has 0 aromatic heterocycles. The zero-order valence-electron chi connectivity index (χ0n) is 8.58. The van der Waals surface area contributed by atoms with Gasteiger partial charge in [0.1, 0.15) is 5.78 Å². The first-order valence-corrected chi connectivity index (χ1v) is 4.85. The Morgan fingerprint density at radius 1 is 1.43 bits per heavy atom. The normalized spacial score (nSPS) is 17.8. The quantitative estimate of drug-likeness (QED) is 0.614. The fourth-order valence-corrected chi connectivity index (χ4v) is 1.44. The van der Waals surface area contributed by atoms with Gasteiger partial charge in [0, 0.05) is 19.4 Å². The third-order valence-electron chi connectivity index (χ3n) is 2.15. The number of Topliss-reactive ketones (excluding diaryl/α,β-unsaturated/α-hetero) is 1. The molecular weight excluding hydrogens is 182 g/mol. The molecule has 1 heterocycles.